The maximum atomic E-state index is 4.68. The van der Waals surface area contributed by atoms with Gasteiger partial charge in [-0.05, 0) is 24.0 Å². The van der Waals surface area contributed by atoms with Gasteiger partial charge in [-0.25, -0.2) is 4.98 Å². The summed E-state index contributed by atoms with van der Waals surface area (Å²) in [7, 11) is 3.90. The van der Waals surface area contributed by atoms with Gasteiger partial charge in [-0.3, -0.25) is 4.99 Å². The molecule has 0 aliphatic heterocycles. The van der Waals surface area contributed by atoms with Crippen molar-refractivity contribution in [2.45, 2.75) is 37.6 Å². The third kappa shape index (κ3) is 6.04. The van der Waals surface area contributed by atoms with E-state index in [9.17, 15) is 0 Å². The van der Waals surface area contributed by atoms with Crippen LogP contribution in [0.2, 0.25) is 0 Å². The number of hydrogen-bond acceptors (Lipinski definition) is 4. The Morgan fingerprint density at radius 3 is 2.60 bits per heavy atom. The minimum absolute atomic E-state index is 0.503. The van der Waals surface area contributed by atoms with Crippen LogP contribution in [0, 0.1) is 0 Å². The summed E-state index contributed by atoms with van der Waals surface area (Å²) in [4.78, 5) is 12.5. The lowest BCUT2D eigenvalue weighted by molar-refractivity contribution is 0.477. The van der Waals surface area contributed by atoms with Crippen LogP contribution in [0.25, 0.3) is 0 Å². The molecule has 2 rings (SSSR count). The van der Waals surface area contributed by atoms with Gasteiger partial charge in [-0.2, -0.15) is 0 Å². The summed E-state index contributed by atoms with van der Waals surface area (Å²) in [5.74, 6) is 1.41. The van der Waals surface area contributed by atoms with E-state index < -0.39 is 0 Å². The van der Waals surface area contributed by atoms with Crippen LogP contribution in [0.4, 0.5) is 0 Å². The van der Waals surface area contributed by atoms with E-state index in [1.807, 2.05) is 7.05 Å². The molecule has 1 heterocycles. The van der Waals surface area contributed by atoms with Gasteiger partial charge >= 0.3 is 0 Å². The van der Waals surface area contributed by atoms with E-state index in [-0.39, 0.29) is 0 Å². The minimum atomic E-state index is 0.503. The molecule has 0 fully saturated rings. The highest BCUT2D eigenvalue weighted by molar-refractivity contribution is 7.98. The standard InChI is InChI=1S/C19H28N4S2/c1-14(2)18-22-16(13-25-18)10-11-21-19(20-3)23(4)12-15-6-8-17(24-5)9-7-15/h6-9,13-14H,10-12H2,1-5H3,(H,20,21). The first-order chi connectivity index (χ1) is 12.0. The van der Waals surface area contributed by atoms with E-state index in [1.165, 1.54) is 15.5 Å². The van der Waals surface area contributed by atoms with Crippen molar-refractivity contribution in [1.29, 1.82) is 0 Å². The van der Waals surface area contributed by atoms with Crippen LogP contribution in [0.5, 0.6) is 0 Å². The summed E-state index contributed by atoms with van der Waals surface area (Å²) in [6.45, 7) is 6.04. The van der Waals surface area contributed by atoms with E-state index >= 15 is 0 Å². The summed E-state index contributed by atoms with van der Waals surface area (Å²) >= 11 is 3.52. The Hall–Kier alpha value is -1.53. The average molecular weight is 377 g/mol. The number of benzene rings is 1. The topological polar surface area (TPSA) is 40.5 Å². The van der Waals surface area contributed by atoms with E-state index in [4.69, 9.17) is 0 Å². The van der Waals surface area contributed by atoms with Gasteiger partial charge in [0.15, 0.2) is 5.96 Å². The number of aliphatic imine (C=N–C) groups is 1. The van der Waals surface area contributed by atoms with Crippen LogP contribution in [0.3, 0.4) is 0 Å². The van der Waals surface area contributed by atoms with Crippen molar-refractivity contribution in [3.63, 3.8) is 0 Å². The number of nitrogens with zero attached hydrogens (tertiary/aromatic N) is 3. The van der Waals surface area contributed by atoms with E-state index in [1.54, 1.807) is 23.1 Å². The monoisotopic (exact) mass is 376 g/mol. The van der Waals surface area contributed by atoms with Gasteiger partial charge in [0.25, 0.3) is 0 Å². The molecule has 25 heavy (non-hydrogen) atoms. The normalized spacial score (nSPS) is 11.8. The predicted molar refractivity (Wildman–Crippen MR) is 111 cm³/mol. The van der Waals surface area contributed by atoms with Crippen molar-refractivity contribution >= 4 is 29.1 Å². The molecule has 0 aliphatic carbocycles. The van der Waals surface area contributed by atoms with Crippen LogP contribution in [-0.2, 0) is 13.0 Å². The molecule has 0 spiro atoms. The highest BCUT2D eigenvalue weighted by Crippen LogP contribution is 2.19. The van der Waals surface area contributed by atoms with Crippen molar-refractivity contribution in [1.82, 2.24) is 15.2 Å². The first kappa shape index (κ1) is 19.8. The van der Waals surface area contributed by atoms with E-state index in [2.05, 4.69) is 77.0 Å². The molecule has 0 amide bonds. The van der Waals surface area contributed by atoms with E-state index in [0.29, 0.717) is 5.92 Å². The highest BCUT2D eigenvalue weighted by atomic mass is 32.2. The molecule has 6 heteroatoms. The number of hydrogen-bond donors (Lipinski definition) is 1. The number of nitrogens with one attached hydrogen (secondary N) is 1. The predicted octanol–water partition coefficient (Wildman–Crippen LogP) is 4.24. The molecule has 136 valence electrons. The fourth-order valence-corrected chi connectivity index (χ4v) is 3.75. The first-order valence-corrected chi connectivity index (χ1v) is 10.6. The zero-order chi connectivity index (χ0) is 18.2. The molecule has 0 unspecified atom stereocenters. The molecule has 0 radical (unpaired) electrons. The Balaban J connectivity index is 1.83. The van der Waals surface area contributed by atoms with Crippen molar-refractivity contribution in [3.8, 4) is 0 Å². The van der Waals surface area contributed by atoms with Crippen molar-refractivity contribution in [3.05, 3.63) is 45.9 Å². The van der Waals surface area contributed by atoms with Gasteiger partial charge in [0.2, 0.25) is 0 Å². The molecule has 1 N–H and O–H groups in total. The summed E-state index contributed by atoms with van der Waals surface area (Å²) < 4.78 is 0. The number of thioether (sulfide) groups is 1. The summed E-state index contributed by atoms with van der Waals surface area (Å²) in [6, 6.07) is 8.69. The number of rotatable bonds is 7. The molecule has 1 aromatic carbocycles. The number of aromatic nitrogens is 1. The molecule has 0 atom stereocenters. The average Bonchev–Trinajstić information content (AvgIpc) is 3.08. The SMILES string of the molecule is CN=C(NCCc1csc(C(C)C)n1)N(C)Cc1ccc(SC)cc1. The fourth-order valence-electron chi connectivity index (χ4n) is 2.47. The molecule has 0 saturated carbocycles. The third-order valence-corrected chi connectivity index (χ3v) is 5.82. The summed E-state index contributed by atoms with van der Waals surface area (Å²) in [5, 5.41) is 6.81. The Labute approximate surface area is 159 Å². The number of guanidine groups is 1. The molecular formula is C19H28N4S2. The lowest BCUT2D eigenvalue weighted by Crippen LogP contribution is -2.39. The summed E-state index contributed by atoms with van der Waals surface area (Å²) in [5.41, 5.74) is 2.44. The lowest BCUT2D eigenvalue weighted by atomic mass is 10.2. The largest absolute Gasteiger partial charge is 0.356 e. The summed E-state index contributed by atoms with van der Waals surface area (Å²) in [6.07, 6.45) is 3.01. The van der Waals surface area contributed by atoms with Crippen LogP contribution in [0.15, 0.2) is 39.5 Å². The third-order valence-electron chi connectivity index (χ3n) is 3.88. The van der Waals surface area contributed by atoms with Crippen molar-refractivity contribution < 1.29 is 0 Å². The van der Waals surface area contributed by atoms with Gasteiger partial charge < -0.3 is 10.2 Å². The zero-order valence-electron chi connectivity index (χ0n) is 15.7. The van der Waals surface area contributed by atoms with Crippen LogP contribution < -0.4 is 5.32 Å². The van der Waals surface area contributed by atoms with Gasteiger partial charge in [-0.1, -0.05) is 26.0 Å². The van der Waals surface area contributed by atoms with Gasteiger partial charge in [0, 0.05) is 49.8 Å². The number of thiazole rings is 1. The van der Waals surface area contributed by atoms with Gasteiger partial charge in [0.1, 0.15) is 0 Å². The molecule has 0 bridgehead atoms. The Kier molecular flexibility index (Phi) is 7.78. The lowest BCUT2D eigenvalue weighted by Gasteiger charge is -2.22. The smallest absolute Gasteiger partial charge is 0.193 e. The second-order valence-corrected chi connectivity index (χ2v) is 8.03. The zero-order valence-corrected chi connectivity index (χ0v) is 17.4. The van der Waals surface area contributed by atoms with Crippen LogP contribution in [0.1, 0.15) is 36.0 Å². The molecule has 0 saturated heterocycles. The maximum absolute atomic E-state index is 4.68. The van der Waals surface area contributed by atoms with Crippen molar-refractivity contribution in [2.75, 3.05) is 26.9 Å². The second kappa shape index (κ2) is 9.82. The van der Waals surface area contributed by atoms with Crippen LogP contribution >= 0.6 is 23.1 Å². The van der Waals surface area contributed by atoms with Gasteiger partial charge in [-0.15, -0.1) is 23.1 Å². The molecule has 2 aromatic rings. The molecule has 1 aromatic heterocycles. The molecule has 0 aliphatic rings. The first-order valence-electron chi connectivity index (χ1n) is 8.52. The molecule has 4 nitrogen and oxygen atoms in total. The van der Waals surface area contributed by atoms with Crippen LogP contribution in [-0.4, -0.2) is 42.7 Å². The Morgan fingerprint density at radius 2 is 2.04 bits per heavy atom. The second-order valence-electron chi connectivity index (χ2n) is 6.26. The highest BCUT2D eigenvalue weighted by Gasteiger charge is 2.08. The Morgan fingerprint density at radius 1 is 1.32 bits per heavy atom. The van der Waals surface area contributed by atoms with E-state index in [0.717, 1.165) is 31.2 Å². The molecular weight excluding hydrogens is 348 g/mol. The quantitative estimate of drug-likeness (QED) is 0.446. The maximum Gasteiger partial charge on any atom is 0.193 e. The fraction of sp³-hybridized carbons (Fsp3) is 0.474. The van der Waals surface area contributed by atoms with Gasteiger partial charge in [0.05, 0.1) is 10.7 Å². The minimum Gasteiger partial charge on any atom is -0.356 e. The Bertz CT molecular complexity index is 677. The van der Waals surface area contributed by atoms with Crippen molar-refractivity contribution in [2.24, 2.45) is 4.99 Å².